The van der Waals surface area contributed by atoms with Crippen molar-refractivity contribution in [2.24, 2.45) is 0 Å². The zero-order valence-corrected chi connectivity index (χ0v) is 14.1. The van der Waals surface area contributed by atoms with Crippen molar-refractivity contribution < 1.29 is 0 Å². The van der Waals surface area contributed by atoms with Crippen LogP contribution < -0.4 is 10.9 Å². The highest BCUT2D eigenvalue weighted by molar-refractivity contribution is 7.20. The predicted octanol–water partition coefficient (Wildman–Crippen LogP) is 2.40. The highest BCUT2D eigenvalue weighted by atomic mass is 32.1. The fourth-order valence-corrected chi connectivity index (χ4v) is 3.97. The molecule has 24 heavy (non-hydrogen) atoms. The zero-order chi connectivity index (χ0) is 16.4. The van der Waals surface area contributed by atoms with E-state index in [9.17, 15) is 4.79 Å². The van der Waals surface area contributed by atoms with E-state index in [-0.39, 0.29) is 5.56 Å². The highest BCUT2D eigenvalue weighted by Crippen LogP contribution is 2.26. The molecular formula is C17H19N5OS. The lowest BCUT2D eigenvalue weighted by Gasteiger charge is -2.28. The number of benzene rings is 1. The van der Waals surface area contributed by atoms with Crippen LogP contribution in [0.1, 0.15) is 24.4 Å². The van der Waals surface area contributed by atoms with Crippen LogP contribution in [0, 0.1) is 0 Å². The Labute approximate surface area is 143 Å². The largest absolute Gasteiger partial charge is 0.358 e. The minimum atomic E-state index is -0.150. The Morgan fingerprint density at radius 2 is 1.96 bits per heavy atom. The van der Waals surface area contributed by atoms with E-state index in [1.807, 2.05) is 6.07 Å². The first-order valence-corrected chi connectivity index (χ1v) is 9.01. The molecule has 2 aromatic heterocycles. The van der Waals surface area contributed by atoms with E-state index in [1.54, 1.807) is 0 Å². The monoisotopic (exact) mass is 341 g/mol. The van der Waals surface area contributed by atoms with Gasteiger partial charge in [-0.25, -0.2) is 4.98 Å². The van der Waals surface area contributed by atoms with Crippen LogP contribution in [0.3, 0.4) is 0 Å². The van der Waals surface area contributed by atoms with Crippen molar-refractivity contribution in [1.29, 1.82) is 0 Å². The Hall–Kier alpha value is -2.25. The molecule has 0 spiro atoms. The van der Waals surface area contributed by atoms with Crippen LogP contribution in [0.5, 0.6) is 0 Å². The summed E-state index contributed by atoms with van der Waals surface area (Å²) >= 11 is 1.40. The van der Waals surface area contributed by atoms with Crippen molar-refractivity contribution in [2.45, 2.75) is 18.9 Å². The SMILES string of the molecule is O=c1ccnc2sc(NCC(c3ccccc3)N3CCCC3)nn12. The summed E-state index contributed by atoms with van der Waals surface area (Å²) < 4.78 is 1.35. The van der Waals surface area contributed by atoms with Gasteiger partial charge in [-0.05, 0) is 31.5 Å². The van der Waals surface area contributed by atoms with Crippen LogP contribution in [-0.4, -0.2) is 39.1 Å². The number of nitrogens with zero attached hydrogens (tertiary/aromatic N) is 4. The molecule has 1 aliphatic rings. The van der Waals surface area contributed by atoms with Crippen LogP contribution in [-0.2, 0) is 0 Å². The van der Waals surface area contributed by atoms with Crippen LogP contribution in [0.25, 0.3) is 4.96 Å². The molecule has 6 nitrogen and oxygen atoms in total. The second-order valence-corrected chi connectivity index (χ2v) is 6.89. The maximum absolute atomic E-state index is 11.8. The van der Waals surface area contributed by atoms with E-state index in [4.69, 9.17) is 0 Å². The number of aromatic nitrogens is 3. The van der Waals surface area contributed by atoms with E-state index >= 15 is 0 Å². The molecule has 1 aliphatic heterocycles. The standard InChI is InChI=1S/C17H19N5OS/c23-15-8-9-18-17-22(15)20-16(24-17)19-12-14(21-10-4-5-11-21)13-6-2-1-3-7-13/h1-3,6-9,14H,4-5,10-12H2,(H,19,20). The third kappa shape index (κ3) is 3.05. The number of hydrogen-bond acceptors (Lipinski definition) is 6. The lowest BCUT2D eigenvalue weighted by molar-refractivity contribution is 0.256. The molecule has 0 radical (unpaired) electrons. The van der Waals surface area contributed by atoms with E-state index < -0.39 is 0 Å². The summed E-state index contributed by atoms with van der Waals surface area (Å²) in [4.78, 5) is 19.1. The number of anilines is 1. The number of rotatable bonds is 5. The summed E-state index contributed by atoms with van der Waals surface area (Å²) in [6.07, 6.45) is 4.03. The Balaban J connectivity index is 1.56. The van der Waals surface area contributed by atoms with Gasteiger partial charge in [0, 0.05) is 18.8 Å². The predicted molar refractivity (Wildman–Crippen MR) is 95.6 cm³/mol. The Bertz CT molecular complexity index is 869. The zero-order valence-electron chi connectivity index (χ0n) is 13.3. The third-order valence-corrected chi connectivity index (χ3v) is 5.26. The van der Waals surface area contributed by atoms with E-state index in [1.165, 1.54) is 46.5 Å². The summed E-state index contributed by atoms with van der Waals surface area (Å²) in [6, 6.07) is 12.3. The fraction of sp³-hybridized carbons (Fsp3) is 0.353. The molecule has 3 aromatic rings. The highest BCUT2D eigenvalue weighted by Gasteiger charge is 2.23. The molecule has 3 heterocycles. The Morgan fingerprint density at radius 3 is 2.71 bits per heavy atom. The van der Waals surface area contributed by atoms with Gasteiger partial charge in [-0.2, -0.15) is 4.52 Å². The van der Waals surface area contributed by atoms with Crippen LogP contribution >= 0.6 is 11.3 Å². The van der Waals surface area contributed by atoms with Crippen molar-refractivity contribution in [1.82, 2.24) is 19.5 Å². The molecule has 1 aromatic carbocycles. The second-order valence-electron chi connectivity index (χ2n) is 5.94. The van der Waals surface area contributed by atoms with Gasteiger partial charge < -0.3 is 5.32 Å². The molecule has 1 N–H and O–H groups in total. The van der Waals surface area contributed by atoms with Gasteiger partial charge in [0.1, 0.15) is 0 Å². The summed E-state index contributed by atoms with van der Waals surface area (Å²) in [5, 5.41) is 8.47. The first-order chi connectivity index (χ1) is 11.8. The van der Waals surface area contributed by atoms with Gasteiger partial charge in [0.2, 0.25) is 10.1 Å². The molecule has 7 heteroatoms. The van der Waals surface area contributed by atoms with Gasteiger partial charge in [-0.3, -0.25) is 9.69 Å². The molecule has 4 rings (SSSR count). The van der Waals surface area contributed by atoms with Gasteiger partial charge in [0.05, 0.1) is 6.04 Å². The summed E-state index contributed by atoms with van der Waals surface area (Å²) in [5.74, 6) is 0. The van der Waals surface area contributed by atoms with Crippen molar-refractivity contribution >= 4 is 21.4 Å². The van der Waals surface area contributed by atoms with Gasteiger partial charge in [-0.15, -0.1) is 5.10 Å². The molecule has 0 bridgehead atoms. The average molecular weight is 341 g/mol. The van der Waals surface area contributed by atoms with E-state index in [2.05, 4.69) is 44.6 Å². The molecule has 0 amide bonds. The number of likely N-dealkylation sites (tertiary alicyclic amines) is 1. The molecular weight excluding hydrogens is 322 g/mol. The molecule has 1 fully saturated rings. The van der Waals surface area contributed by atoms with Crippen LogP contribution in [0.2, 0.25) is 0 Å². The van der Waals surface area contributed by atoms with Gasteiger partial charge in [0.25, 0.3) is 5.56 Å². The maximum atomic E-state index is 11.8. The minimum Gasteiger partial charge on any atom is -0.358 e. The van der Waals surface area contributed by atoms with Crippen LogP contribution in [0.4, 0.5) is 5.13 Å². The van der Waals surface area contributed by atoms with Crippen molar-refractivity contribution in [2.75, 3.05) is 25.0 Å². The third-order valence-electron chi connectivity index (χ3n) is 4.38. The number of hydrogen-bond donors (Lipinski definition) is 1. The second kappa shape index (κ2) is 6.70. The topological polar surface area (TPSA) is 62.5 Å². The first kappa shape index (κ1) is 15.3. The quantitative estimate of drug-likeness (QED) is 0.772. The number of fused-ring (bicyclic) bond motifs is 1. The van der Waals surface area contributed by atoms with Crippen molar-refractivity contribution in [3.8, 4) is 0 Å². The van der Waals surface area contributed by atoms with Crippen molar-refractivity contribution in [3.05, 3.63) is 58.5 Å². The van der Waals surface area contributed by atoms with Crippen molar-refractivity contribution in [3.63, 3.8) is 0 Å². The first-order valence-electron chi connectivity index (χ1n) is 8.19. The number of nitrogens with one attached hydrogen (secondary N) is 1. The van der Waals surface area contributed by atoms with E-state index in [0.29, 0.717) is 11.0 Å². The summed E-state index contributed by atoms with van der Waals surface area (Å²) in [5.41, 5.74) is 1.16. The normalized spacial score (nSPS) is 16.5. The summed E-state index contributed by atoms with van der Waals surface area (Å²) in [7, 11) is 0. The minimum absolute atomic E-state index is 0.150. The maximum Gasteiger partial charge on any atom is 0.275 e. The Kier molecular flexibility index (Phi) is 4.27. The van der Waals surface area contributed by atoms with Crippen LogP contribution in [0.15, 0.2) is 47.4 Å². The summed E-state index contributed by atoms with van der Waals surface area (Å²) in [6.45, 7) is 3.02. The van der Waals surface area contributed by atoms with Gasteiger partial charge in [-0.1, -0.05) is 41.7 Å². The Morgan fingerprint density at radius 1 is 1.17 bits per heavy atom. The van der Waals surface area contributed by atoms with Gasteiger partial charge in [0.15, 0.2) is 0 Å². The molecule has 1 unspecified atom stereocenters. The molecule has 0 aliphatic carbocycles. The lowest BCUT2D eigenvalue weighted by atomic mass is 10.1. The smallest absolute Gasteiger partial charge is 0.275 e. The molecule has 124 valence electrons. The van der Waals surface area contributed by atoms with Gasteiger partial charge >= 0.3 is 0 Å². The fourth-order valence-electron chi connectivity index (χ4n) is 3.19. The molecule has 1 saturated heterocycles. The molecule has 0 saturated carbocycles. The lowest BCUT2D eigenvalue weighted by Crippen LogP contribution is -2.31. The molecule has 1 atom stereocenters. The average Bonchev–Trinajstić information content (AvgIpc) is 3.26. The van der Waals surface area contributed by atoms with E-state index in [0.717, 1.165) is 24.8 Å².